The molecule has 1 fully saturated rings. The summed E-state index contributed by atoms with van der Waals surface area (Å²) < 4.78 is 0.555. The highest BCUT2D eigenvalue weighted by Gasteiger charge is 2.25. The Bertz CT molecular complexity index is 694. The minimum atomic E-state index is -0.265. The summed E-state index contributed by atoms with van der Waals surface area (Å²) in [5, 5.41) is 5.69. The molecule has 6 heteroatoms. The molecule has 4 nitrogen and oxygen atoms in total. The topological polar surface area (TPSA) is 58.2 Å². The molecule has 1 aliphatic carbocycles. The van der Waals surface area contributed by atoms with E-state index in [2.05, 4.69) is 10.6 Å². The number of carbonyl (C=O) groups is 2. The Labute approximate surface area is 131 Å². The van der Waals surface area contributed by atoms with Crippen molar-refractivity contribution in [3.8, 4) is 0 Å². The Morgan fingerprint density at radius 1 is 1.10 bits per heavy atom. The van der Waals surface area contributed by atoms with Gasteiger partial charge in [0.2, 0.25) is 0 Å². The first-order valence-electron chi connectivity index (χ1n) is 6.60. The lowest BCUT2D eigenvalue weighted by molar-refractivity contribution is 0.0952. The van der Waals surface area contributed by atoms with Crippen LogP contribution < -0.4 is 10.6 Å². The number of benzene rings is 1. The van der Waals surface area contributed by atoms with Crippen LogP contribution in [0, 0.1) is 0 Å². The van der Waals surface area contributed by atoms with Crippen LogP contribution in [0.25, 0.3) is 0 Å². The van der Waals surface area contributed by atoms with E-state index >= 15 is 0 Å². The molecule has 2 aromatic rings. The van der Waals surface area contributed by atoms with Gasteiger partial charge in [0.1, 0.15) is 0 Å². The van der Waals surface area contributed by atoms with Crippen molar-refractivity contribution >= 4 is 40.4 Å². The molecule has 0 atom stereocenters. The molecule has 0 bridgehead atoms. The maximum absolute atomic E-state index is 12.2. The molecule has 2 amide bonds. The van der Waals surface area contributed by atoms with E-state index in [-0.39, 0.29) is 17.9 Å². The van der Waals surface area contributed by atoms with Crippen LogP contribution in [0.4, 0.5) is 5.69 Å². The van der Waals surface area contributed by atoms with Gasteiger partial charge < -0.3 is 10.6 Å². The molecule has 21 heavy (non-hydrogen) atoms. The molecule has 3 rings (SSSR count). The van der Waals surface area contributed by atoms with Gasteiger partial charge in [-0.1, -0.05) is 23.7 Å². The van der Waals surface area contributed by atoms with Crippen molar-refractivity contribution < 1.29 is 9.59 Å². The number of hydrogen-bond donors (Lipinski definition) is 2. The van der Waals surface area contributed by atoms with E-state index in [0.29, 0.717) is 20.5 Å². The van der Waals surface area contributed by atoms with Crippen LogP contribution in [0.2, 0.25) is 4.34 Å². The van der Waals surface area contributed by atoms with Gasteiger partial charge in [-0.05, 0) is 37.1 Å². The highest BCUT2D eigenvalue weighted by molar-refractivity contribution is 7.18. The molecule has 1 aromatic carbocycles. The summed E-state index contributed by atoms with van der Waals surface area (Å²) in [6.07, 6.45) is 2.04. The summed E-state index contributed by atoms with van der Waals surface area (Å²) in [6, 6.07) is 10.6. The van der Waals surface area contributed by atoms with Gasteiger partial charge in [0.25, 0.3) is 11.8 Å². The molecular formula is C15H13ClN2O2S. The molecule has 108 valence electrons. The number of carbonyl (C=O) groups excluding carboxylic acids is 2. The zero-order chi connectivity index (χ0) is 14.8. The largest absolute Gasteiger partial charge is 0.349 e. The average molecular weight is 321 g/mol. The molecule has 0 spiro atoms. The maximum atomic E-state index is 12.2. The van der Waals surface area contributed by atoms with E-state index < -0.39 is 0 Å². The second-order valence-electron chi connectivity index (χ2n) is 4.85. The monoisotopic (exact) mass is 320 g/mol. The normalized spacial score (nSPS) is 13.8. The second-order valence-corrected chi connectivity index (χ2v) is 6.57. The standard InChI is InChI=1S/C15H13ClN2O2S/c16-13-8-7-12(21-13)15(20)18-11-4-2-1-3-10(11)14(19)17-9-5-6-9/h1-4,7-9H,5-6H2,(H,17,19)(H,18,20). The summed E-state index contributed by atoms with van der Waals surface area (Å²) in [5.41, 5.74) is 0.977. The van der Waals surface area contributed by atoms with Crippen LogP contribution >= 0.6 is 22.9 Å². The maximum Gasteiger partial charge on any atom is 0.265 e. The summed E-state index contributed by atoms with van der Waals surface area (Å²) in [7, 11) is 0. The van der Waals surface area contributed by atoms with Gasteiger partial charge in [0, 0.05) is 6.04 Å². The molecule has 1 heterocycles. The Morgan fingerprint density at radius 3 is 2.52 bits per heavy atom. The first kappa shape index (κ1) is 14.1. The van der Waals surface area contributed by atoms with Gasteiger partial charge in [0.15, 0.2) is 0 Å². The molecule has 2 N–H and O–H groups in total. The Morgan fingerprint density at radius 2 is 1.86 bits per heavy atom. The number of hydrogen-bond acceptors (Lipinski definition) is 3. The molecule has 1 aliphatic rings. The van der Waals surface area contributed by atoms with Crippen LogP contribution in [-0.2, 0) is 0 Å². The molecule has 0 unspecified atom stereocenters. The number of rotatable bonds is 4. The number of para-hydroxylation sites is 1. The van der Waals surface area contributed by atoms with Crippen molar-refractivity contribution in [2.75, 3.05) is 5.32 Å². The van der Waals surface area contributed by atoms with E-state index in [0.717, 1.165) is 12.8 Å². The fraction of sp³-hybridized carbons (Fsp3) is 0.200. The third-order valence-corrected chi connectivity index (χ3v) is 4.36. The number of amides is 2. The quantitative estimate of drug-likeness (QED) is 0.905. The van der Waals surface area contributed by atoms with Crippen LogP contribution in [-0.4, -0.2) is 17.9 Å². The summed E-state index contributed by atoms with van der Waals surface area (Å²) in [5.74, 6) is -0.420. The van der Waals surface area contributed by atoms with Gasteiger partial charge in [-0.15, -0.1) is 11.3 Å². The van der Waals surface area contributed by atoms with Crippen LogP contribution in [0.15, 0.2) is 36.4 Å². The molecular weight excluding hydrogens is 308 g/mol. The van der Waals surface area contributed by atoms with E-state index in [1.54, 1.807) is 36.4 Å². The van der Waals surface area contributed by atoms with Crippen molar-refractivity contribution in [1.29, 1.82) is 0 Å². The third kappa shape index (κ3) is 3.43. The van der Waals surface area contributed by atoms with Crippen molar-refractivity contribution in [1.82, 2.24) is 5.32 Å². The van der Waals surface area contributed by atoms with E-state index in [1.165, 1.54) is 11.3 Å². The first-order chi connectivity index (χ1) is 10.1. The van der Waals surface area contributed by atoms with Crippen molar-refractivity contribution in [3.63, 3.8) is 0 Å². The number of anilines is 1. The lowest BCUT2D eigenvalue weighted by Gasteiger charge is -2.10. The first-order valence-corrected chi connectivity index (χ1v) is 7.79. The average Bonchev–Trinajstić information content (AvgIpc) is 3.17. The highest BCUT2D eigenvalue weighted by atomic mass is 35.5. The Hall–Kier alpha value is -1.85. The smallest absolute Gasteiger partial charge is 0.265 e. The van der Waals surface area contributed by atoms with Gasteiger partial charge in [-0.3, -0.25) is 9.59 Å². The lowest BCUT2D eigenvalue weighted by atomic mass is 10.1. The zero-order valence-electron chi connectivity index (χ0n) is 11.1. The molecule has 0 aliphatic heterocycles. The van der Waals surface area contributed by atoms with Gasteiger partial charge in [-0.25, -0.2) is 0 Å². The molecule has 1 saturated carbocycles. The van der Waals surface area contributed by atoms with Crippen LogP contribution in [0.1, 0.15) is 32.9 Å². The lowest BCUT2D eigenvalue weighted by Crippen LogP contribution is -2.26. The van der Waals surface area contributed by atoms with E-state index in [4.69, 9.17) is 11.6 Å². The van der Waals surface area contributed by atoms with Gasteiger partial charge in [-0.2, -0.15) is 0 Å². The van der Waals surface area contributed by atoms with E-state index in [9.17, 15) is 9.59 Å². The number of halogens is 1. The van der Waals surface area contributed by atoms with Crippen LogP contribution in [0.5, 0.6) is 0 Å². The fourth-order valence-electron chi connectivity index (χ4n) is 1.90. The predicted molar refractivity (Wildman–Crippen MR) is 84.2 cm³/mol. The Kier molecular flexibility index (Phi) is 3.94. The van der Waals surface area contributed by atoms with Crippen molar-refractivity contribution in [3.05, 3.63) is 51.2 Å². The number of nitrogens with one attached hydrogen (secondary N) is 2. The summed E-state index contributed by atoms with van der Waals surface area (Å²) in [6.45, 7) is 0. The predicted octanol–water partition coefficient (Wildman–Crippen LogP) is 3.55. The van der Waals surface area contributed by atoms with Crippen LogP contribution in [0.3, 0.4) is 0 Å². The zero-order valence-corrected chi connectivity index (χ0v) is 12.6. The summed E-state index contributed by atoms with van der Waals surface area (Å²) >= 11 is 7.03. The van der Waals surface area contributed by atoms with Crippen molar-refractivity contribution in [2.45, 2.75) is 18.9 Å². The fourth-order valence-corrected chi connectivity index (χ4v) is 2.84. The second kappa shape index (κ2) is 5.87. The molecule has 0 saturated heterocycles. The molecule has 0 radical (unpaired) electrons. The highest BCUT2D eigenvalue weighted by Crippen LogP contribution is 2.24. The summed E-state index contributed by atoms with van der Waals surface area (Å²) in [4.78, 5) is 24.8. The minimum absolute atomic E-state index is 0.155. The number of thiophene rings is 1. The van der Waals surface area contributed by atoms with Gasteiger partial charge >= 0.3 is 0 Å². The Balaban J connectivity index is 1.78. The third-order valence-electron chi connectivity index (χ3n) is 3.13. The minimum Gasteiger partial charge on any atom is -0.349 e. The SMILES string of the molecule is O=C(Nc1ccccc1C(=O)NC1CC1)c1ccc(Cl)s1. The van der Waals surface area contributed by atoms with Gasteiger partial charge in [0.05, 0.1) is 20.5 Å². The van der Waals surface area contributed by atoms with Crippen molar-refractivity contribution in [2.24, 2.45) is 0 Å². The van der Waals surface area contributed by atoms with E-state index in [1.807, 2.05) is 0 Å². The molecule has 1 aromatic heterocycles.